The number of nitrogens with zero attached hydrogens (tertiary/aromatic N) is 2. The average molecular weight is 654 g/mol. The molecule has 0 radical (unpaired) electrons. The molecule has 2 N–H and O–H groups in total. The van der Waals surface area contributed by atoms with Gasteiger partial charge in [-0.3, -0.25) is 9.59 Å². The molecule has 3 aromatic carbocycles. The summed E-state index contributed by atoms with van der Waals surface area (Å²) < 4.78 is 46.7. The van der Waals surface area contributed by atoms with Crippen molar-refractivity contribution in [3.8, 4) is 5.75 Å². The van der Waals surface area contributed by atoms with Gasteiger partial charge in [-0.05, 0) is 54.3 Å². The fraction of sp³-hybridized carbons (Fsp3) is 0.300. The molecule has 0 bridgehead atoms. The molecule has 1 heterocycles. The lowest BCUT2D eigenvalue weighted by Gasteiger charge is -2.24. The van der Waals surface area contributed by atoms with Crippen LogP contribution in [0, 0.1) is 11.7 Å². The van der Waals surface area contributed by atoms with Crippen molar-refractivity contribution >= 4 is 63.3 Å². The Morgan fingerprint density at radius 2 is 1.86 bits per heavy atom. The molecule has 226 valence electrons. The van der Waals surface area contributed by atoms with Crippen LogP contribution in [-0.2, 0) is 24.8 Å². The van der Waals surface area contributed by atoms with E-state index in [0.717, 1.165) is 25.3 Å². The largest absolute Gasteiger partial charge is 0.487 e. The first-order valence-electron chi connectivity index (χ1n) is 13.4. The second-order valence-electron chi connectivity index (χ2n) is 10.2. The van der Waals surface area contributed by atoms with Gasteiger partial charge < -0.3 is 19.9 Å². The minimum absolute atomic E-state index is 0.00130. The van der Waals surface area contributed by atoms with E-state index in [9.17, 15) is 22.8 Å². The Hall–Kier alpha value is -3.47. The number of benzene rings is 3. The van der Waals surface area contributed by atoms with E-state index >= 15 is 0 Å². The third-order valence-electron chi connectivity index (χ3n) is 7.39. The molecule has 0 atom stereocenters. The van der Waals surface area contributed by atoms with Crippen LogP contribution in [0.2, 0.25) is 15.1 Å². The summed E-state index contributed by atoms with van der Waals surface area (Å²) in [7, 11) is 1.73. The Morgan fingerprint density at radius 3 is 2.53 bits per heavy atom. The average Bonchev–Trinajstić information content (AvgIpc) is 3.23. The van der Waals surface area contributed by atoms with E-state index < -0.39 is 24.8 Å². The van der Waals surface area contributed by atoms with Crippen LogP contribution in [0.5, 0.6) is 5.75 Å². The maximum absolute atomic E-state index is 13.6. The predicted molar refractivity (Wildman–Crippen MR) is 160 cm³/mol. The monoisotopic (exact) mass is 652 g/mol. The van der Waals surface area contributed by atoms with Crippen LogP contribution in [0.4, 0.5) is 18.9 Å². The fourth-order valence-corrected chi connectivity index (χ4v) is 5.50. The number of amides is 2. The Morgan fingerprint density at radius 1 is 1.09 bits per heavy atom. The van der Waals surface area contributed by atoms with Crippen molar-refractivity contribution in [3.05, 3.63) is 85.9 Å². The highest BCUT2D eigenvalue weighted by Crippen LogP contribution is 2.33. The summed E-state index contributed by atoms with van der Waals surface area (Å²) in [5, 5.41) is 6.12. The number of hydrogen-bond acceptors (Lipinski definition) is 4. The van der Waals surface area contributed by atoms with E-state index in [1.165, 1.54) is 24.3 Å². The van der Waals surface area contributed by atoms with Gasteiger partial charge in [0.15, 0.2) is 0 Å². The smallest absolute Gasteiger partial charge is 0.272 e. The normalized spacial score (nSPS) is 13.3. The number of carbonyl (C=O) groups is 2. The molecule has 0 saturated heterocycles. The minimum atomic E-state index is -2.78. The molecule has 0 unspecified atom stereocenters. The fourth-order valence-electron chi connectivity index (χ4n) is 4.75. The van der Waals surface area contributed by atoms with Crippen molar-refractivity contribution in [1.29, 1.82) is 0 Å². The molecule has 1 aliphatic rings. The van der Waals surface area contributed by atoms with Gasteiger partial charge >= 0.3 is 0 Å². The van der Waals surface area contributed by atoms with Gasteiger partial charge in [0.1, 0.15) is 24.0 Å². The zero-order chi connectivity index (χ0) is 30.8. The van der Waals surface area contributed by atoms with Crippen LogP contribution in [0.25, 0.3) is 11.0 Å². The molecule has 4 aromatic rings. The minimum Gasteiger partial charge on any atom is -0.487 e. The number of aryl methyl sites for hydroxylation is 1. The lowest BCUT2D eigenvalue weighted by molar-refractivity contribution is -0.127. The van der Waals surface area contributed by atoms with Gasteiger partial charge in [0.05, 0.1) is 26.6 Å². The van der Waals surface area contributed by atoms with Crippen LogP contribution in [0.3, 0.4) is 0 Å². The molecular formula is C30H26Cl3F3N4O3. The van der Waals surface area contributed by atoms with Crippen molar-refractivity contribution in [3.63, 3.8) is 0 Å². The van der Waals surface area contributed by atoms with Crippen LogP contribution < -0.4 is 15.4 Å². The van der Waals surface area contributed by atoms with E-state index in [4.69, 9.17) is 39.5 Å². The highest BCUT2D eigenvalue weighted by Gasteiger charge is 2.25. The second kappa shape index (κ2) is 13.0. The molecule has 5 rings (SSSR count). The third-order valence-corrected chi connectivity index (χ3v) is 8.51. The first-order valence-corrected chi connectivity index (χ1v) is 14.5. The number of carbonyl (C=O) groups excluding carboxylic acids is 2. The number of ether oxygens (including phenoxy) is 1. The molecular weight excluding hydrogens is 628 g/mol. The van der Waals surface area contributed by atoms with E-state index in [1.54, 1.807) is 23.7 Å². The van der Waals surface area contributed by atoms with E-state index in [0.29, 0.717) is 38.0 Å². The molecule has 2 amide bonds. The van der Waals surface area contributed by atoms with Gasteiger partial charge in [0.2, 0.25) is 5.91 Å². The third kappa shape index (κ3) is 6.87. The van der Waals surface area contributed by atoms with Crippen molar-refractivity contribution in [2.75, 3.05) is 11.9 Å². The molecule has 43 heavy (non-hydrogen) atoms. The number of fused-ring (bicyclic) bond motifs is 1. The number of anilines is 1. The van der Waals surface area contributed by atoms with Crippen molar-refractivity contribution < 1.29 is 27.5 Å². The Kier molecular flexibility index (Phi) is 9.39. The maximum Gasteiger partial charge on any atom is 0.272 e. The number of imidazole rings is 1. The summed E-state index contributed by atoms with van der Waals surface area (Å²) in [6, 6.07) is 9.98. The molecule has 1 aliphatic carbocycles. The van der Waals surface area contributed by atoms with Crippen LogP contribution in [-0.4, -0.2) is 34.4 Å². The number of halogens is 6. The van der Waals surface area contributed by atoms with Gasteiger partial charge in [-0.2, -0.15) is 0 Å². The van der Waals surface area contributed by atoms with Crippen molar-refractivity contribution in [1.82, 2.24) is 14.9 Å². The van der Waals surface area contributed by atoms with Gasteiger partial charge in [0, 0.05) is 42.7 Å². The number of aromatic nitrogens is 2. The van der Waals surface area contributed by atoms with Gasteiger partial charge in [0.25, 0.3) is 12.3 Å². The summed E-state index contributed by atoms with van der Waals surface area (Å²) in [6.07, 6.45) is 0.251. The van der Waals surface area contributed by atoms with E-state index in [-0.39, 0.29) is 46.8 Å². The topological polar surface area (TPSA) is 85.2 Å². The zero-order valence-corrected chi connectivity index (χ0v) is 25.1. The van der Waals surface area contributed by atoms with E-state index in [1.807, 2.05) is 0 Å². The first-order chi connectivity index (χ1) is 20.5. The van der Waals surface area contributed by atoms with Gasteiger partial charge in [-0.25, -0.2) is 18.2 Å². The Bertz CT molecular complexity index is 1710. The molecule has 1 saturated carbocycles. The van der Waals surface area contributed by atoms with Gasteiger partial charge in [-0.15, -0.1) is 0 Å². The summed E-state index contributed by atoms with van der Waals surface area (Å²) in [4.78, 5) is 30.2. The molecule has 0 spiro atoms. The van der Waals surface area contributed by atoms with Gasteiger partial charge in [-0.1, -0.05) is 47.3 Å². The summed E-state index contributed by atoms with van der Waals surface area (Å²) >= 11 is 19.1. The summed E-state index contributed by atoms with van der Waals surface area (Å²) in [6.45, 7) is -0.683. The number of rotatable bonds is 10. The first kappa shape index (κ1) is 31.0. The molecule has 1 aromatic heterocycles. The SMILES string of the molecule is Cn1c(Cc2c(Cl)ccc(CNC(=O)C3CCC3)c2Cl)nc2cc(C(=O)Nc3ccc(F)c(Cl)c3)c(OCC(F)F)cc21. The second-order valence-corrected chi connectivity index (χ2v) is 11.4. The standard InChI is InChI=1S/C30H26Cl3F3N4O3/c1-40-24-12-25(43-14-26(35)36)19(30(42)38-17-6-8-22(34)21(32)9-17)10-23(24)39-27(40)11-18-20(31)7-5-16(28(18)33)13-37-29(41)15-3-2-4-15/h5-10,12,15,26H,2-4,11,13-14H2,1H3,(H,37,41)(H,38,42). The van der Waals surface area contributed by atoms with Crippen molar-refractivity contribution in [2.24, 2.45) is 13.0 Å². The molecule has 13 heteroatoms. The predicted octanol–water partition coefficient (Wildman–Crippen LogP) is 7.58. The van der Waals surface area contributed by atoms with Crippen LogP contribution in [0.1, 0.15) is 46.6 Å². The summed E-state index contributed by atoms with van der Waals surface area (Å²) in [5.74, 6) is -0.872. The van der Waals surface area contributed by atoms with Crippen molar-refractivity contribution in [2.45, 2.75) is 38.7 Å². The van der Waals surface area contributed by atoms with Crippen LogP contribution >= 0.6 is 34.8 Å². The lowest BCUT2D eigenvalue weighted by atomic mass is 9.85. The Balaban J connectivity index is 1.45. The number of alkyl halides is 2. The zero-order valence-electron chi connectivity index (χ0n) is 22.8. The molecule has 1 fully saturated rings. The molecule has 7 nitrogen and oxygen atoms in total. The molecule has 0 aliphatic heterocycles. The Labute approximate surface area is 260 Å². The lowest BCUT2D eigenvalue weighted by Crippen LogP contribution is -2.34. The highest BCUT2D eigenvalue weighted by atomic mass is 35.5. The maximum atomic E-state index is 13.6. The summed E-state index contributed by atoms with van der Waals surface area (Å²) in [5.41, 5.74) is 2.34. The van der Waals surface area contributed by atoms with E-state index in [2.05, 4.69) is 15.6 Å². The van der Waals surface area contributed by atoms with Crippen LogP contribution in [0.15, 0.2) is 42.5 Å². The highest BCUT2D eigenvalue weighted by molar-refractivity contribution is 6.36. The number of nitrogens with one attached hydrogen (secondary N) is 2. The number of hydrogen-bond donors (Lipinski definition) is 2. The quantitative estimate of drug-likeness (QED) is 0.185.